The van der Waals surface area contributed by atoms with Crippen molar-refractivity contribution in [3.8, 4) is 0 Å². The predicted molar refractivity (Wildman–Crippen MR) is 134 cm³/mol. The quantitative estimate of drug-likeness (QED) is 0.169. The lowest BCUT2D eigenvalue weighted by Gasteiger charge is -2.24. The summed E-state index contributed by atoms with van der Waals surface area (Å²) in [4.78, 5) is 52.9. The van der Waals surface area contributed by atoms with Gasteiger partial charge in [0.1, 0.15) is 18.1 Å². The average molecular weight is 508 g/mol. The first-order chi connectivity index (χ1) is 16.6. The second kappa shape index (κ2) is 13.1. The van der Waals surface area contributed by atoms with Crippen LogP contribution >= 0.6 is 12.6 Å². The summed E-state index contributed by atoms with van der Waals surface area (Å²) in [6.07, 6.45) is 1.94. The number of aliphatic hydroxyl groups is 1. The fourth-order valence-electron chi connectivity index (χ4n) is 3.52. The first kappa shape index (κ1) is 28.1. The zero-order valence-corrected chi connectivity index (χ0v) is 20.5. The molecule has 1 aromatic carbocycles. The highest BCUT2D eigenvalue weighted by Gasteiger charge is 2.31. The Morgan fingerprint density at radius 2 is 1.60 bits per heavy atom. The van der Waals surface area contributed by atoms with Gasteiger partial charge in [0.15, 0.2) is 0 Å². The summed E-state index contributed by atoms with van der Waals surface area (Å²) < 4.78 is 0. The molecule has 0 saturated heterocycles. The van der Waals surface area contributed by atoms with E-state index in [4.69, 9.17) is 5.73 Å². The third kappa shape index (κ3) is 7.98. The van der Waals surface area contributed by atoms with E-state index in [1.807, 2.05) is 38.1 Å². The molecule has 3 amide bonds. The van der Waals surface area contributed by atoms with Crippen LogP contribution in [0.2, 0.25) is 0 Å². The second-order valence-electron chi connectivity index (χ2n) is 8.69. The second-order valence-corrected chi connectivity index (χ2v) is 9.05. The number of H-pyrrole nitrogens is 1. The molecule has 1 heterocycles. The molecule has 12 heteroatoms. The Bertz CT molecular complexity index is 1040. The fraction of sp³-hybridized carbons (Fsp3) is 0.478. The Kier molecular flexibility index (Phi) is 10.6. The monoisotopic (exact) mass is 507 g/mol. The van der Waals surface area contributed by atoms with Crippen LogP contribution in [0.4, 0.5) is 0 Å². The SMILES string of the molecule is CC(C)CC(NC(=O)C(Cc1c[nH]c2ccccc12)NC(=O)C(CO)NC(=O)C(N)CS)C(=O)O. The molecule has 1 aromatic heterocycles. The van der Waals surface area contributed by atoms with Gasteiger partial charge >= 0.3 is 5.97 Å². The molecule has 4 atom stereocenters. The number of carboxylic acids is 1. The number of thiol groups is 1. The van der Waals surface area contributed by atoms with Crippen molar-refractivity contribution >= 4 is 47.2 Å². The zero-order chi connectivity index (χ0) is 26.1. The van der Waals surface area contributed by atoms with Crippen LogP contribution in [0.5, 0.6) is 0 Å². The smallest absolute Gasteiger partial charge is 0.326 e. The maximum absolute atomic E-state index is 13.1. The molecule has 35 heavy (non-hydrogen) atoms. The Morgan fingerprint density at radius 1 is 1.00 bits per heavy atom. The fourth-order valence-corrected chi connectivity index (χ4v) is 3.69. The maximum atomic E-state index is 13.1. The normalized spacial score (nSPS) is 14.7. The topological polar surface area (TPSA) is 187 Å². The third-order valence-electron chi connectivity index (χ3n) is 5.40. The highest BCUT2D eigenvalue weighted by Crippen LogP contribution is 2.19. The molecule has 2 aromatic rings. The van der Waals surface area contributed by atoms with Crippen LogP contribution < -0.4 is 21.7 Å². The number of carbonyl (C=O) groups excluding carboxylic acids is 3. The number of rotatable bonds is 13. The molecule has 0 spiro atoms. The number of carbonyl (C=O) groups is 4. The van der Waals surface area contributed by atoms with Crippen molar-refractivity contribution in [3.63, 3.8) is 0 Å². The van der Waals surface area contributed by atoms with Crippen LogP contribution in [0.15, 0.2) is 30.5 Å². The van der Waals surface area contributed by atoms with Gasteiger partial charge in [0.25, 0.3) is 0 Å². The van der Waals surface area contributed by atoms with Crippen LogP contribution in [0, 0.1) is 5.92 Å². The van der Waals surface area contributed by atoms with Crippen molar-refractivity contribution in [1.29, 1.82) is 0 Å². The van der Waals surface area contributed by atoms with Gasteiger partial charge in [-0.15, -0.1) is 0 Å². The summed E-state index contributed by atoms with van der Waals surface area (Å²) in [6, 6.07) is 2.71. The van der Waals surface area contributed by atoms with Gasteiger partial charge in [0.05, 0.1) is 12.6 Å². The van der Waals surface area contributed by atoms with E-state index < -0.39 is 54.5 Å². The number of hydrogen-bond acceptors (Lipinski definition) is 7. The molecule has 0 aliphatic rings. The van der Waals surface area contributed by atoms with Crippen molar-refractivity contribution in [1.82, 2.24) is 20.9 Å². The van der Waals surface area contributed by atoms with E-state index >= 15 is 0 Å². The zero-order valence-electron chi connectivity index (χ0n) is 19.7. The first-order valence-electron chi connectivity index (χ1n) is 11.2. The van der Waals surface area contributed by atoms with E-state index in [-0.39, 0.29) is 24.5 Å². The highest BCUT2D eigenvalue weighted by molar-refractivity contribution is 7.80. The van der Waals surface area contributed by atoms with Gasteiger partial charge in [-0.1, -0.05) is 32.0 Å². The number of nitrogens with one attached hydrogen (secondary N) is 4. The standard InChI is InChI=1S/C23H33N5O6S/c1-12(2)7-18(23(33)34)27-21(31)17(8-13-9-25-16-6-4-3-5-14(13)16)26-22(32)19(10-29)28-20(30)15(24)11-35/h3-6,9,12,15,17-19,25,29,35H,7-8,10-11,24H2,1-2H3,(H,26,32)(H,27,31)(H,28,30)(H,33,34). The number of benzene rings is 1. The number of aliphatic carboxylic acids is 1. The molecule has 8 N–H and O–H groups in total. The molecule has 0 aliphatic carbocycles. The molecule has 2 rings (SSSR count). The third-order valence-corrected chi connectivity index (χ3v) is 5.80. The summed E-state index contributed by atoms with van der Waals surface area (Å²) in [5, 5.41) is 27.4. The van der Waals surface area contributed by atoms with Crippen LogP contribution in [0.3, 0.4) is 0 Å². The molecule has 0 radical (unpaired) electrons. The molecular weight excluding hydrogens is 474 g/mol. The molecule has 0 bridgehead atoms. The minimum atomic E-state index is -1.36. The summed E-state index contributed by atoms with van der Waals surface area (Å²) in [5.41, 5.74) is 7.16. The summed E-state index contributed by atoms with van der Waals surface area (Å²) in [5.74, 6) is -3.36. The van der Waals surface area contributed by atoms with Crippen LogP contribution in [-0.4, -0.2) is 75.4 Å². The Morgan fingerprint density at radius 3 is 2.20 bits per heavy atom. The number of aromatic amines is 1. The van der Waals surface area contributed by atoms with E-state index in [0.29, 0.717) is 0 Å². The number of para-hydroxylation sites is 1. The van der Waals surface area contributed by atoms with Gasteiger partial charge in [0.2, 0.25) is 17.7 Å². The van der Waals surface area contributed by atoms with E-state index in [2.05, 4.69) is 33.6 Å². The number of fused-ring (bicyclic) bond motifs is 1. The summed E-state index contributed by atoms with van der Waals surface area (Å²) in [6.45, 7) is 2.93. The van der Waals surface area contributed by atoms with E-state index in [1.54, 1.807) is 6.20 Å². The lowest BCUT2D eigenvalue weighted by molar-refractivity contribution is -0.142. The number of hydrogen-bond donors (Lipinski definition) is 8. The molecule has 0 fully saturated rings. The lowest BCUT2D eigenvalue weighted by Crippen LogP contribution is -2.58. The largest absolute Gasteiger partial charge is 0.480 e. The molecule has 192 valence electrons. The number of nitrogens with two attached hydrogens (primary N) is 1. The molecule has 11 nitrogen and oxygen atoms in total. The lowest BCUT2D eigenvalue weighted by atomic mass is 10.0. The number of amides is 3. The number of aliphatic hydroxyl groups excluding tert-OH is 1. The van der Waals surface area contributed by atoms with Crippen molar-refractivity contribution in [3.05, 3.63) is 36.0 Å². The Balaban J connectivity index is 2.27. The van der Waals surface area contributed by atoms with Crippen LogP contribution in [0.1, 0.15) is 25.8 Å². The number of carboxylic acid groups (broad SMARTS) is 1. The predicted octanol–water partition coefficient (Wildman–Crippen LogP) is -0.455. The van der Waals surface area contributed by atoms with E-state index in [9.17, 15) is 29.4 Å². The van der Waals surface area contributed by atoms with Crippen LogP contribution in [-0.2, 0) is 25.6 Å². The molecule has 0 aliphatic heterocycles. The van der Waals surface area contributed by atoms with Crippen molar-refractivity contribution in [2.45, 2.75) is 50.9 Å². The Labute approximate surface area is 208 Å². The minimum absolute atomic E-state index is 0.00285. The molecule has 0 saturated carbocycles. The number of aromatic nitrogens is 1. The van der Waals surface area contributed by atoms with Crippen LogP contribution in [0.25, 0.3) is 10.9 Å². The van der Waals surface area contributed by atoms with Gasteiger partial charge in [-0.3, -0.25) is 14.4 Å². The van der Waals surface area contributed by atoms with Gasteiger partial charge in [0, 0.05) is 29.3 Å². The maximum Gasteiger partial charge on any atom is 0.326 e. The van der Waals surface area contributed by atoms with Gasteiger partial charge in [-0.2, -0.15) is 12.6 Å². The van der Waals surface area contributed by atoms with Crippen molar-refractivity contribution < 1.29 is 29.4 Å². The van der Waals surface area contributed by atoms with E-state index in [1.165, 1.54) is 0 Å². The van der Waals surface area contributed by atoms with Gasteiger partial charge in [-0.25, -0.2) is 4.79 Å². The minimum Gasteiger partial charge on any atom is -0.480 e. The Hall–Kier alpha value is -3.09. The van der Waals surface area contributed by atoms with Gasteiger partial charge in [-0.05, 0) is 24.0 Å². The molecule has 4 unspecified atom stereocenters. The van der Waals surface area contributed by atoms with Gasteiger partial charge < -0.3 is 36.9 Å². The van der Waals surface area contributed by atoms with Crippen molar-refractivity contribution in [2.24, 2.45) is 11.7 Å². The first-order valence-corrected chi connectivity index (χ1v) is 11.9. The highest BCUT2D eigenvalue weighted by atomic mass is 32.1. The summed E-state index contributed by atoms with van der Waals surface area (Å²) >= 11 is 3.94. The van der Waals surface area contributed by atoms with E-state index in [0.717, 1.165) is 16.5 Å². The molecular formula is C23H33N5O6S. The van der Waals surface area contributed by atoms with Crippen molar-refractivity contribution in [2.75, 3.05) is 12.4 Å². The average Bonchev–Trinajstić information content (AvgIpc) is 3.23. The summed E-state index contributed by atoms with van der Waals surface area (Å²) in [7, 11) is 0.